The van der Waals surface area contributed by atoms with Crippen LogP contribution in [0.3, 0.4) is 0 Å². The molecule has 3 nitrogen and oxygen atoms in total. The quantitative estimate of drug-likeness (QED) is 0.675. The molecular formula is C15H32N2O. The van der Waals surface area contributed by atoms with E-state index in [4.69, 9.17) is 4.74 Å². The third-order valence-electron chi connectivity index (χ3n) is 4.40. The van der Waals surface area contributed by atoms with E-state index in [1.165, 1.54) is 38.8 Å². The number of piperidine rings is 1. The van der Waals surface area contributed by atoms with E-state index in [0.717, 1.165) is 25.1 Å². The van der Waals surface area contributed by atoms with Gasteiger partial charge >= 0.3 is 0 Å². The van der Waals surface area contributed by atoms with Gasteiger partial charge in [0.1, 0.15) is 0 Å². The number of hydrogen-bond acceptors (Lipinski definition) is 3. The molecule has 1 aliphatic heterocycles. The number of ether oxygens (including phenoxy) is 1. The van der Waals surface area contributed by atoms with Crippen molar-refractivity contribution in [3.05, 3.63) is 0 Å². The molecule has 1 aliphatic rings. The number of unbranched alkanes of at least 4 members (excludes halogenated alkanes) is 1. The van der Waals surface area contributed by atoms with Gasteiger partial charge < -0.3 is 15.0 Å². The Morgan fingerprint density at radius 1 is 1.28 bits per heavy atom. The topological polar surface area (TPSA) is 24.5 Å². The molecule has 1 N–H and O–H groups in total. The molecule has 0 aromatic rings. The van der Waals surface area contributed by atoms with Crippen LogP contribution < -0.4 is 5.32 Å². The highest BCUT2D eigenvalue weighted by Crippen LogP contribution is 2.23. The number of nitrogens with zero attached hydrogens (tertiary/aromatic N) is 1. The highest BCUT2D eigenvalue weighted by atomic mass is 16.5. The van der Waals surface area contributed by atoms with Gasteiger partial charge in [0.25, 0.3) is 0 Å². The zero-order chi connectivity index (χ0) is 13.4. The van der Waals surface area contributed by atoms with Crippen molar-refractivity contribution >= 4 is 0 Å². The Labute approximate surface area is 113 Å². The monoisotopic (exact) mass is 256 g/mol. The van der Waals surface area contributed by atoms with E-state index in [9.17, 15) is 0 Å². The van der Waals surface area contributed by atoms with E-state index in [0.29, 0.717) is 6.04 Å². The van der Waals surface area contributed by atoms with Crippen molar-refractivity contribution in [1.82, 2.24) is 10.2 Å². The van der Waals surface area contributed by atoms with Crippen molar-refractivity contribution < 1.29 is 4.74 Å². The fourth-order valence-corrected chi connectivity index (χ4v) is 2.93. The number of hydrogen-bond donors (Lipinski definition) is 1. The van der Waals surface area contributed by atoms with Crippen LogP contribution in [0.1, 0.15) is 46.5 Å². The molecule has 3 unspecified atom stereocenters. The van der Waals surface area contributed by atoms with Crippen LogP contribution in [-0.4, -0.2) is 50.3 Å². The average molecular weight is 256 g/mol. The third-order valence-corrected chi connectivity index (χ3v) is 4.40. The third kappa shape index (κ3) is 4.87. The van der Waals surface area contributed by atoms with Gasteiger partial charge in [-0.25, -0.2) is 0 Å². The molecule has 0 aromatic heterocycles. The van der Waals surface area contributed by atoms with Crippen LogP contribution in [0, 0.1) is 5.92 Å². The van der Waals surface area contributed by atoms with Gasteiger partial charge in [-0.3, -0.25) is 0 Å². The maximum Gasteiger partial charge on any atom is 0.0462 e. The van der Waals surface area contributed by atoms with E-state index in [1.54, 1.807) is 7.11 Å². The molecule has 0 radical (unpaired) electrons. The minimum absolute atomic E-state index is 0.704. The summed E-state index contributed by atoms with van der Waals surface area (Å²) in [5, 5.41) is 3.70. The Bertz CT molecular complexity index is 211. The normalized spacial score (nSPS) is 29.7. The van der Waals surface area contributed by atoms with Crippen molar-refractivity contribution in [2.24, 2.45) is 5.92 Å². The fourth-order valence-electron chi connectivity index (χ4n) is 2.93. The molecule has 3 atom stereocenters. The van der Waals surface area contributed by atoms with E-state index in [1.807, 2.05) is 0 Å². The van der Waals surface area contributed by atoms with Gasteiger partial charge in [-0.2, -0.15) is 0 Å². The Hall–Kier alpha value is -0.120. The smallest absolute Gasteiger partial charge is 0.0462 e. The largest absolute Gasteiger partial charge is 0.385 e. The summed E-state index contributed by atoms with van der Waals surface area (Å²) >= 11 is 0. The van der Waals surface area contributed by atoms with E-state index in [2.05, 4.69) is 31.0 Å². The van der Waals surface area contributed by atoms with Crippen molar-refractivity contribution in [3.63, 3.8) is 0 Å². The Kier molecular flexibility index (Phi) is 7.87. The van der Waals surface area contributed by atoms with E-state index < -0.39 is 0 Å². The van der Waals surface area contributed by atoms with Crippen molar-refractivity contribution in [3.8, 4) is 0 Å². The molecule has 18 heavy (non-hydrogen) atoms. The van der Waals surface area contributed by atoms with Gasteiger partial charge in [-0.05, 0) is 58.2 Å². The van der Waals surface area contributed by atoms with Gasteiger partial charge in [0.2, 0.25) is 0 Å². The molecular weight excluding hydrogens is 224 g/mol. The van der Waals surface area contributed by atoms with Gasteiger partial charge in [-0.15, -0.1) is 0 Å². The molecule has 108 valence electrons. The molecule has 0 aliphatic carbocycles. The summed E-state index contributed by atoms with van der Waals surface area (Å²) in [5.41, 5.74) is 0. The van der Waals surface area contributed by atoms with Crippen LogP contribution in [0.2, 0.25) is 0 Å². The summed E-state index contributed by atoms with van der Waals surface area (Å²) in [6.07, 6.45) is 4.98. The van der Waals surface area contributed by atoms with Crippen molar-refractivity contribution in [2.75, 3.05) is 33.4 Å². The average Bonchev–Trinajstić information content (AvgIpc) is 2.38. The SMILES string of the molecule is CCCNC1CCN(CCCCOC)C(C)C1C. The molecule has 1 saturated heterocycles. The lowest BCUT2D eigenvalue weighted by atomic mass is 9.87. The van der Waals surface area contributed by atoms with Crippen LogP contribution in [0.4, 0.5) is 0 Å². The second kappa shape index (κ2) is 8.89. The highest BCUT2D eigenvalue weighted by Gasteiger charge is 2.31. The summed E-state index contributed by atoms with van der Waals surface area (Å²) in [6, 6.07) is 1.42. The minimum Gasteiger partial charge on any atom is -0.385 e. The zero-order valence-corrected chi connectivity index (χ0v) is 12.7. The molecule has 1 heterocycles. The lowest BCUT2D eigenvalue weighted by Gasteiger charge is -2.43. The van der Waals surface area contributed by atoms with Crippen LogP contribution >= 0.6 is 0 Å². The Balaban J connectivity index is 2.28. The summed E-state index contributed by atoms with van der Waals surface area (Å²) in [5.74, 6) is 0.757. The number of likely N-dealkylation sites (tertiary alicyclic amines) is 1. The maximum absolute atomic E-state index is 5.11. The van der Waals surface area contributed by atoms with Crippen LogP contribution in [0.15, 0.2) is 0 Å². The summed E-state index contributed by atoms with van der Waals surface area (Å²) < 4.78 is 5.11. The Morgan fingerprint density at radius 3 is 2.72 bits per heavy atom. The van der Waals surface area contributed by atoms with Crippen LogP contribution in [0.5, 0.6) is 0 Å². The van der Waals surface area contributed by atoms with Crippen LogP contribution in [-0.2, 0) is 4.74 Å². The molecule has 1 fully saturated rings. The summed E-state index contributed by atoms with van der Waals surface area (Å²) in [7, 11) is 1.79. The lowest BCUT2D eigenvalue weighted by Crippen LogP contribution is -2.53. The van der Waals surface area contributed by atoms with Crippen molar-refractivity contribution in [2.45, 2.75) is 58.5 Å². The molecule has 0 spiro atoms. The first-order chi connectivity index (χ1) is 8.70. The molecule has 0 bridgehead atoms. The highest BCUT2D eigenvalue weighted by molar-refractivity contribution is 4.88. The summed E-state index contributed by atoms with van der Waals surface area (Å²) in [6.45, 7) is 11.6. The van der Waals surface area contributed by atoms with Crippen molar-refractivity contribution in [1.29, 1.82) is 0 Å². The first-order valence-corrected chi connectivity index (χ1v) is 7.67. The number of rotatable bonds is 8. The number of nitrogens with one attached hydrogen (secondary N) is 1. The lowest BCUT2D eigenvalue weighted by molar-refractivity contribution is 0.0806. The molecule has 3 heteroatoms. The van der Waals surface area contributed by atoms with E-state index >= 15 is 0 Å². The van der Waals surface area contributed by atoms with Gasteiger partial charge in [0, 0.05) is 25.8 Å². The van der Waals surface area contributed by atoms with Gasteiger partial charge in [0.05, 0.1) is 0 Å². The number of methoxy groups -OCH3 is 1. The first kappa shape index (κ1) is 15.9. The predicted octanol–water partition coefficient (Wildman–Crippen LogP) is 2.51. The molecule has 0 saturated carbocycles. The molecule has 1 rings (SSSR count). The Morgan fingerprint density at radius 2 is 2.06 bits per heavy atom. The summed E-state index contributed by atoms with van der Waals surface area (Å²) in [4.78, 5) is 2.66. The van der Waals surface area contributed by atoms with Gasteiger partial charge in [-0.1, -0.05) is 13.8 Å². The molecule has 0 amide bonds. The van der Waals surface area contributed by atoms with E-state index in [-0.39, 0.29) is 0 Å². The fraction of sp³-hybridized carbons (Fsp3) is 1.00. The first-order valence-electron chi connectivity index (χ1n) is 7.67. The van der Waals surface area contributed by atoms with Crippen LogP contribution in [0.25, 0.3) is 0 Å². The standard InChI is InChI=1S/C15H32N2O/c1-5-9-16-15-8-11-17(14(3)13(15)2)10-6-7-12-18-4/h13-16H,5-12H2,1-4H3. The molecule has 0 aromatic carbocycles. The van der Waals surface area contributed by atoms with Gasteiger partial charge in [0.15, 0.2) is 0 Å². The second-order valence-corrected chi connectivity index (χ2v) is 5.68. The minimum atomic E-state index is 0.704. The maximum atomic E-state index is 5.11. The second-order valence-electron chi connectivity index (χ2n) is 5.68. The predicted molar refractivity (Wildman–Crippen MR) is 78.0 cm³/mol. The zero-order valence-electron chi connectivity index (χ0n) is 12.7.